The lowest BCUT2D eigenvalue weighted by atomic mass is 9.83. The second kappa shape index (κ2) is 31.7. The van der Waals surface area contributed by atoms with Gasteiger partial charge in [0.2, 0.25) is 0 Å². The van der Waals surface area contributed by atoms with E-state index in [1.165, 1.54) is 56.0 Å². The Kier molecular flexibility index (Phi) is 24.6. The number of amides is 1. The van der Waals surface area contributed by atoms with Crippen molar-refractivity contribution in [1.29, 1.82) is 0 Å². The van der Waals surface area contributed by atoms with Gasteiger partial charge in [-0.2, -0.15) is 5.10 Å². The molecule has 0 atom stereocenters. The number of carbonyl (C=O) groups excluding carboxylic acids is 2. The van der Waals surface area contributed by atoms with Crippen LogP contribution in [0.5, 0.6) is 0 Å². The maximum atomic E-state index is 14.2. The van der Waals surface area contributed by atoms with Crippen LogP contribution in [-0.2, 0) is 46.3 Å². The van der Waals surface area contributed by atoms with Gasteiger partial charge in [0.15, 0.2) is 29.3 Å². The average Bonchev–Trinajstić information content (AvgIpc) is 4.37. The Labute approximate surface area is 474 Å². The first-order valence-electron chi connectivity index (χ1n) is 28.9. The van der Waals surface area contributed by atoms with Gasteiger partial charge in [0.05, 0.1) is 51.7 Å². The summed E-state index contributed by atoms with van der Waals surface area (Å²) in [7, 11) is 0. The molecule has 442 valence electrons. The molecule has 1 amide bonds. The van der Waals surface area contributed by atoms with Crippen LogP contribution in [0, 0.1) is 42.1 Å². The molecule has 3 saturated carbocycles. The fraction of sp³-hybridized carbons (Fsp3) is 0.565. The van der Waals surface area contributed by atoms with Crippen LogP contribution in [0.2, 0.25) is 0 Å². The minimum absolute atomic E-state index is 0.0383. The first kappa shape index (κ1) is 63.0. The van der Waals surface area contributed by atoms with Crippen molar-refractivity contribution < 1.29 is 61.1 Å². The normalized spacial score (nSPS) is 21.3. The number of aromatic amines is 1. The number of aryl methyl sites for hydroxylation is 1. The molecule has 3 aromatic carbocycles. The Morgan fingerprint density at radius 1 is 0.691 bits per heavy atom. The number of nitrogens with one attached hydrogen (secondary N) is 2. The van der Waals surface area contributed by atoms with Crippen molar-refractivity contribution in [3.63, 3.8) is 0 Å². The third-order valence-electron chi connectivity index (χ3n) is 16.1. The summed E-state index contributed by atoms with van der Waals surface area (Å²) in [6, 6.07) is 21.0. The summed E-state index contributed by atoms with van der Waals surface area (Å²) in [6.45, 7) is 11.7. The molecule has 4 aromatic rings. The van der Waals surface area contributed by atoms with Crippen molar-refractivity contribution in [2.24, 2.45) is 28.5 Å². The van der Waals surface area contributed by atoms with E-state index in [0.29, 0.717) is 56.2 Å². The molecule has 3 aliphatic carbocycles. The maximum absolute atomic E-state index is 14.2. The molecule has 16 nitrogen and oxygen atoms in total. The van der Waals surface area contributed by atoms with Crippen LogP contribution in [0.3, 0.4) is 0 Å². The van der Waals surface area contributed by atoms with Crippen molar-refractivity contribution >= 4 is 23.9 Å². The highest BCUT2D eigenvalue weighted by molar-refractivity contribution is 6.06. The third-order valence-corrected chi connectivity index (χ3v) is 16.1. The van der Waals surface area contributed by atoms with Crippen molar-refractivity contribution in [1.82, 2.24) is 20.4 Å². The van der Waals surface area contributed by atoms with Gasteiger partial charge in [-0.25, -0.2) is 18.0 Å². The highest BCUT2D eigenvalue weighted by atomic mass is 19.1. The summed E-state index contributed by atoms with van der Waals surface area (Å²) in [4.78, 5) is 39.3. The third kappa shape index (κ3) is 19.5. The van der Waals surface area contributed by atoms with Crippen molar-refractivity contribution in [2.75, 3.05) is 65.8 Å². The number of H-pyrrole nitrogens is 1. The monoisotopic (exact) mass is 1130 g/mol. The van der Waals surface area contributed by atoms with Crippen molar-refractivity contribution in [3.8, 4) is 0 Å². The lowest BCUT2D eigenvalue weighted by molar-refractivity contribution is -0.183. The zero-order chi connectivity index (χ0) is 57.5. The number of halogens is 3. The summed E-state index contributed by atoms with van der Waals surface area (Å²) in [6.07, 6.45) is 18.4. The van der Waals surface area contributed by atoms with E-state index < -0.39 is 11.8 Å². The SMILES string of the molecule is CC1=NCC(C(=O)N(CCC2CCC3(CC2)OCCO3)Cc2ccccc2F)=C1.Cc1cc(C(=O)O)n[nH]1.Fc1ccccc1CNCCC1CCC2(CC1)OCCO2.NCCC1CCC2(CC1)OCCO2.O=Cc1ccccc1F. The van der Waals surface area contributed by atoms with Crippen LogP contribution >= 0.6 is 0 Å². The van der Waals surface area contributed by atoms with E-state index in [0.717, 1.165) is 139 Å². The van der Waals surface area contributed by atoms with Crippen molar-refractivity contribution in [3.05, 3.63) is 136 Å². The van der Waals surface area contributed by atoms with Crippen LogP contribution in [0.25, 0.3) is 0 Å². The Bertz CT molecular complexity index is 2640. The van der Waals surface area contributed by atoms with E-state index in [1.54, 1.807) is 42.2 Å². The number of aliphatic imine (C=N–C) groups is 1. The molecular weight excluding hydrogens is 1050 g/mol. The molecule has 0 bridgehead atoms. The highest BCUT2D eigenvalue weighted by Gasteiger charge is 2.42. The number of aldehydes is 1. The molecule has 0 unspecified atom stereocenters. The first-order chi connectivity index (χ1) is 39.2. The fourth-order valence-corrected chi connectivity index (χ4v) is 11.4. The van der Waals surface area contributed by atoms with E-state index in [2.05, 4.69) is 20.5 Å². The molecule has 0 radical (unpaired) electrons. The van der Waals surface area contributed by atoms with E-state index in [4.69, 9.17) is 39.3 Å². The molecule has 1 aromatic heterocycles. The number of rotatable bonds is 15. The highest BCUT2D eigenvalue weighted by Crippen LogP contribution is 2.41. The molecule has 4 aliphatic heterocycles. The number of carboxylic acid groups (broad SMARTS) is 1. The summed E-state index contributed by atoms with van der Waals surface area (Å²) >= 11 is 0. The smallest absolute Gasteiger partial charge is 0.356 e. The zero-order valence-corrected chi connectivity index (χ0v) is 47.2. The molecular formula is C62H83F3N6O10. The number of benzene rings is 3. The second-order valence-corrected chi connectivity index (χ2v) is 21.9. The van der Waals surface area contributed by atoms with Crippen LogP contribution < -0.4 is 11.1 Å². The van der Waals surface area contributed by atoms with E-state index in [-0.39, 0.29) is 52.7 Å². The molecule has 7 aliphatic rings. The Morgan fingerprint density at radius 2 is 1.16 bits per heavy atom. The van der Waals surface area contributed by atoms with Crippen LogP contribution in [-0.4, -0.2) is 127 Å². The van der Waals surface area contributed by atoms with Gasteiger partial charge in [0, 0.05) is 86.3 Å². The number of nitrogens with zero attached hydrogens (tertiary/aromatic N) is 3. The molecule has 19 heteroatoms. The lowest BCUT2D eigenvalue weighted by Crippen LogP contribution is -2.37. The summed E-state index contributed by atoms with van der Waals surface area (Å²) in [5.41, 5.74) is 9.32. The van der Waals surface area contributed by atoms with Gasteiger partial charge < -0.3 is 49.5 Å². The summed E-state index contributed by atoms with van der Waals surface area (Å²) in [5.74, 6) is -0.631. The number of carboxylic acids is 1. The Morgan fingerprint density at radius 3 is 1.57 bits per heavy atom. The molecule has 5 heterocycles. The number of nitrogens with two attached hydrogens (primary N) is 1. The van der Waals surface area contributed by atoms with E-state index >= 15 is 0 Å². The standard InChI is InChI=1S/C23H29FN2O3.C17H24FNO2.C10H19NO2.C7H5FO.C5H6N2O2/c1-17-14-20(15-25-17)22(27)26(16-19-4-2-3-5-21(19)24)11-8-18-6-9-23(10-7-18)28-12-13-29-23;18-16-4-2-1-3-15(16)13-19-10-7-14-5-8-17(9-6-14)20-11-12-21-17;11-6-3-9-1-4-10(5-2-9)12-7-8-13-10;8-7-4-2-1-3-6(7)5-9;1-3-2-4(5(8)9)7-6-3/h2-5,14,18H,6-13,15-16H2,1H3;1-4,14,19H,5-13H2;9H,1-8,11H2;1-5H;2H,1H3,(H,6,7)(H,8,9). The number of aromatic nitrogens is 2. The second-order valence-electron chi connectivity index (χ2n) is 21.9. The quantitative estimate of drug-likeness (QED) is 0.0646. The van der Waals surface area contributed by atoms with E-state index in [1.807, 2.05) is 31.2 Å². The molecule has 11 rings (SSSR count). The first-order valence-corrected chi connectivity index (χ1v) is 28.9. The molecule has 3 spiro atoms. The zero-order valence-electron chi connectivity index (χ0n) is 47.2. The molecule has 5 N–H and O–H groups in total. The number of allylic oxidation sites excluding steroid dienone is 1. The predicted molar refractivity (Wildman–Crippen MR) is 301 cm³/mol. The topological polar surface area (TPSA) is 209 Å². The molecule has 3 saturated heterocycles. The minimum Gasteiger partial charge on any atom is -0.476 e. The maximum Gasteiger partial charge on any atom is 0.356 e. The summed E-state index contributed by atoms with van der Waals surface area (Å²) in [5, 5.41) is 17.7. The Balaban J connectivity index is 0.000000158. The van der Waals surface area contributed by atoms with E-state index in [9.17, 15) is 27.6 Å². The Hall–Kier alpha value is -5.64. The van der Waals surface area contributed by atoms with Crippen molar-refractivity contribution in [2.45, 2.75) is 141 Å². The van der Waals surface area contributed by atoms with Gasteiger partial charge in [-0.05, 0) is 139 Å². The minimum atomic E-state index is -1.00. The van der Waals surface area contributed by atoms with Gasteiger partial charge >= 0.3 is 5.97 Å². The van der Waals surface area contributed by atoms with Gasteiger partial charge in [-0.1, -0.05) is 48.5 Å². The number of carbonyl (C=O) groups is 3. The van der Waals surface area contributed by atoms with Gasteiger partial charge in [0.1, 0.15) is 17.5 Å². The van der Waals surface area contributed by atoms with Gasteiger partial charge in [-0.3, -0.25) is 19.7 Å². The average molecular weight is 1130 g/mol. The number of hydrogen-bond acceptors (Lipinski definition) is 13. The van der Waals surface area contributed by atoms with Crippen LogP contribution in [0.1, 0.15) is 141 Å². The fourth-order valence-electron chi connectivity index (χ4n) is 11.4. The number of ether oxygens (including phenoxy) is 6. The van der Waals surface area contributed by atoms with Crippen LogP contribution in [0.15, 0.2) is 95.5 Å². The molecule has 6 fully saturated rings. The van der Waals surface area contributed by atoms with Gasteiger partial charge in [-0.15, -0.1) is 0 Å². The van der Waals surface area contributed by atoms with Gasteiger partial charge in [0.25, 0.3) is 5.91 Å². The lowest BCUT2D eigenvalue weighted by Gasteiger charge is -2.36. The summed E-state index contributed by atoms with van der Waals surface area (Å²) < 4.78 is 74.5. The largest absolute Gasteiger partial charge is 0.476 e. The molecule has 81 heavy (non-hydrogen) atoms. The van der Waals surface area contributed by atoms with Crippen LogP contribution in [0.4, 0.5) is 13.2 Å². The predicted octanol–water partition coefficient (Wildman–Crippen LogP) is 10.4. The number of aromatic carboxylic acids is 1. The number of hydrogen-bond donors (Lipinski definition) is 4.